The number of carbonyl (C=O) groups is 1. The van der Waals surface area contributed by atoms with Crippen LogP contribution in [0, 0.1) is 6.92 Å². The summed E-state index contributed by atoms with van der Waals surface area (Å²) in [6.45, 7) is 2.66. The molecule has 0 unspecified atom stereocenters. The second-order valence-electron chi connectivity index (χ2n) is 6.19. The maximum atomic E-state index is 12.4. The number of fused-ring (bicyclic) bond motifs is 1. The number of hydrogen-bond donors (Lipinski definition) is 1. The number of aromatic nitrogens is 2. The highest BCUT2D eigenvalue weighted by Gasteiger charge is 2.14. The van der Waals surface area contributed by atoms with Crippen molar-refractivity contribution in [2.24, 2.45) is 7.05 Å². The Morgan fingerprint density at radius 2 is 2.04 bits per heavy atom. The summed E-state index contributed by atoms with van der Waals surface area (Å²) in [7, 11) is 3.85. The fourth-order valence-corrected chi connectivity index (χ4v) is 2.97. The number of nitrogens with two attached hydrogens (primary N) is 1. The zero-order valence-electron chi connectivity index (χ0n) is 14.7. The maximum Gasteiger partial charge on any atom is 0.246 e. The molecule has 0 radical (unpaired) electrons. The summed E-state index contributed by atoms with van der Waals surface area (Å²) in [5.41, 5.74) is 9.94. The minimum atomic E-state index is -0.0542. The molecule has 128 valence electrons. The molecule has 0 aliphatic carbocycles. The number of para-hydroxylation sites is 1. The Kier molecular flexibility index (Phi) is 4.57. The van der Waals surface area contributed by atoms with Crippen molar-refractivity contribution in [2.75, 3.05) is 12.8 Å². The van der Waals surface area contributed by atoms with Gasteiger partial charge in [0, 0.05) is 43.0 Å². The van der Waals surface area contributed by atoms with Gasteiger partial charge in [0.15, 0.2) is 0 Å². The van der Waals surface area contributed by atoms with Gasteiger partial charge in [-0.15, -0.1) is 0 Å². The normalized spacial score (nSPS) is 11.3. The molecular weight excluding hydrogens is 312 g/mol. The molecule has 2 aromatic heterocycles. The van der Waals surface area contributed by atoms with Crippen LogP contribution in [0.4, 0.5) is 5.82 Å². The van der Waals surface area contributed by atoms with Gasteiger partial charge in [0.25, 0.3) is 0 Å². The van der Waals surface area contributed by atoms with E-state index in [4.69, 9.17) is 5.73 Å². The highest BCUT2D eigenvalue weighted by molar-refractivity contribution is 5.92. The number of hydrogen-bond acceptors (Lipinski definition) is 3. The molecule has 0 fully saturated rings. The van der Waals surface area contributed by atoms with Crippen LogP contribution in [0.15, 0.2) is 48.7 Å². The predicted molar refractivity (Wildman–Crippen MR) is 102 cm³/mol. The average Bonchev–Trinajstić information content (AvgIpc) is 2.86. The van der Waals surface area contributed by atoms with Gasteiger partial charge in [-0.3, -0.25) is 4.79 Å². The van der Waals surface area contributed by atoms with Crippen molar-refractivity contribution in [3.05, 3.63) is 65.5 Å². The first-order chi connectivity index (χ1) is 12.0. The second-order valence-corrected chi connectivity index (χ2v) is 6.19. The van der Waals surface area contributed by atoms with E-state index in [-0.39, 0.29) is 5.91 Å². The van der Waals surface area contributed by atoms with Gasteiger partial charge in [-0.05, 0) is 42.3 Å². The minimum Gasteiger partial charge on any atom is -0.384 e. The molecule has 0 bridgehead atoms. The van der Waals surface area contributed by atoms with Crippen LogP contribution in [-0.2, 0) is 18.4 Å². The molecule has 2 N–H and O–H groups in total. The predicted octanol–water partition coefficient (Wildman–Crippen LogP) is 3.14. The lowest BCUT2D eigenvalue weighted by molar-refractivity contribution is -0.125. The van der Waals surface area contributed by atoms with Crippen molar-refractivity contribution in [1.29, 1.82) is 0 Å². The van der Waals surface area contributed by atoms with Gasteiger partial charge in [-0.25, -0.2) is 4.98 Å². The molecule has 5 heteroatoms. The van der Waals surface area contributed by atoms with Crippen molar-refractivity contribution < 1.29 is 4.79 Å². The number of anilines is 1. The quantitative estimate of drug-likeness (QED) is 0.746. The highest BCUT2D eigenvalue weighted by Crippen LogP contribution is 2.25. The van der Waals surface area contributed by atoms with Crippen LogP contribution < -0.4 is 5.73 Å². The van der Waals surface area contributed by atoms with Gasteiger partial charge >= 0.3 is 0 Å². The lowest BCUT2D eigenvalue weighted by Crippen LogP contribution is -2.25. The van der Waals surface area contributed by atoms with Gasteiger partial charge in [-0.2, -0.15) is 0 Å². The average molecular weight is 334 g/mol. The van der Waals surface area contributed by atoms with Gasteiger partial charge in [-0.1, -0.05) is 18.2 Å². The molecule has 0 aliphatic rings. The number of benzene rings is 1. The molecule has 5 nitrogen and oxygen atoms in total. The number of aryl methyl sites for hydroxylation is 2. The van der Waals surface area contributed by atoms with Crippen molar-refractivity contribution in [3.8, 4) is 0 Å². The third-order valence-corrected chi connectivity index (χ3v) is 4.50. The highest BCUT2D eigenvalue weighted by atomic mass is 16.2. The van der Waals surface area contributed by atoms with Crippen molar-refractivity contribution >= 4 is 28.7 Å². The third kappa shape index (κ3) is 3.40. The Morgan fingerprint density at radius 3 is 2.72 bits per heavy atom. The molecule has 0 saturated heterocycles. The zero-order valence-corrected chi connectivity index (χ0v) is 14.7. The molecule has 0 atom stereocenters. The van der Waals surface area contributed by atoms with Crippen LogP contribution >= 0.6 is 0 Å². The van der Waals surface area contributed by atoms with Gasteiger partial charge < -0.3 is 15.2 Å². The van der Waals surface area contributed by atoms with Crippen molar-refractivity contribution in [1.82, 2.24) is 14.5 Å². The number of amides is 1. The minimum absolute atomic E-state index is 0.0542. The van der Waals surface area contributed by atoms with E-state index in [0.29, 0.717) is 12.4 Å². The summed E-state index contributed by atoms with van der Waals surface area (Å²) in [4.78, 5) is 18.1. The third-order valence-electron chi connectivity index (χ3n) is 4.50. The summed E-state index contributed by atoms with van der Waals surface area (Å²) in [6.07, 6.45) is 4.96. The lowest BCUT2D eigenvalue weighted by atomic mass is 10.1. The van der Waals surface area contributed by atoms with Gasteiger partial charge in [0.1, 0.15) is 5.82 Å². The van der Waals surface area contributed by atoms with Crippen molar-refractivity contribution in [2.45, 2.75) is 13.5 Å². The molecule has 0 saturated carbocycles. The number of nitrogen functional groups attached to an aromatic ring is 1. The van der Waals surface area contributed by atoms with Crippen LogP contribution in [0.2, 0.25) is 0 Å². The molecule has 0 spiro atoms. The van der Waals surface area contributed by atoms with Crippen LogP contribution in [0.25, 0.3) is 17.0 Å². The van der Waals surface area contributed by atoms with Crippen LogP contribution in [0.3, 0.4) is 0 Å². The van der Waals surface area contributed by atoms with Gasteiger partial charge in [0.2, 0.25) is 5.91 Å². The van der Waals surface area contributed by atoms with E-state index in [1.54, 1.807) is 29.3 Å². The molecular formula is C20H22N4O. The van der Waals surface area contributed by atoms with Crippen LogP contribution in [0.1, 0.15) is 16.8 Å². The number of carbonyl (C=O) groups excluding carboxylic acids is 1. The van der Waals surface area contributed by atoms with E-state index in [1.807, 2.05) is 32.3 Å². The van der Waals surface area contributed by atoms with E-state index >= 15 is 0 Å². The molecule has 0 aliphatic heterocycles. The number of rotatable bonds is 4. The molecule has 3 rings (SSSR count). The Morgan fingerprint density at radius 1 is 1.28 bits per heavy atom. The number of nitrogens with zero attached hydrogens (tertiary/aromatic N) is 3. The summed E-state index contributed by atoms with van der Waals surface area (Å²) < 4.78 is 2.15. The van der Waals surface area contributed by atoms with E-state index in [2.05, 4.69) is 28.6 Å². The van der Waals surface area contributed by atoms with E-state index in [1.165, 1.54) is 16.5 Å². The van der Waals surface area contributed by atoms with E-state index in [0.717, 1.165) is 11.3 Å². The second kappa shape index (κ2) is 6.81. The number of likely N-dealkylation sites (N-methyl/N-ethyl adjacent to an activating group) is 1. The summed E-state index contributed by atoms with van der Waals surface area (Å²) in [5, 5.41) is 1.23. The van der Waals surface area contributed by atoms with E-state index in [9.17, 15) is 4.79 Å². The molecule has 1 amide bonds. The fraction of sp³-hybridized carbons (Fsp3) is 0.200. The zero-order chi connectivity index (χ0) is 18.0. The Hall–Kier alpha value is -3.08. The van der Waals surface area contributed by atoms with Crippen LogP contribution in [0.5, 0.6) is 0 Å². The first-order valence-corrected chi connectivity index (χ1v) is 8.15. The van der Waals surface area contributed by atoms with Crippen LogP contribution in [-0.4, -0.2) is 27.4 Å². The fourth-order valence-electron chi connectivity index (χ4n) is 2.97. The largest absolute Gasteiger partial charge is 0.384 e. The summed E-state index contributed by atoms with van der Waals surface area (Å²) >= 11 is 0. The topological polar surface area (TPSA) is 64.2 Å². The standard InChI is InChI=1S/C20H22N4O/c1-14-16-6-4-5-7-17(16)24(3)18(14)13-23(2)20(25)11-9-15-8-10-19(21)22-12-15/h4-12H,13H2,1-3H3,(H2,21,22). The Labute approximate surface area is 147 Å². The monoisotopic (exact) mass is 334 g/mol. The van der Waals surface area contributed by atoms with E-state index < -0.39 is 0 Å². The molecule has 3 aromatic rings. The molecule has 2 heterocycles. The molecule has 25 heavy (non-hydrogen) atoms. The van der Waals surface area contributed by atoms with Gasteiger partial charge in [0.05, 0.1) is 6.54 Å². The first-order valence-electron chi connectivity index (χ1n) is 8.15. The first kappa shape index (κ1) is 16.8. The number of pyridine rings is 1. The molecule has 1 aromatic carbocycles. The lowest BCUT2D eigenvalue weighted by Gasteiger charge is -2.17. The SMILES string of the molecule is Cc1c(CN(C)C(=O)C=Cc2ccc(N)nc2)n(C)c2ccccc12. The summed E-state index contributed by atoms with van der Waals surface area (Å²) in [6, 6.07) is 11.8. The Balaban J connectivity index is 1.77. The Bertz CT molecular complexity index is 899. The maximum absolute atomic E-state index is 12.4. The summed E-state index contributed by atoms with van der Waals surface area (Å²) in [5.74, 6) is 0.410. The smallest absolute Gasteiger partial charge is 0.246 e. The van der Waals surface area contributed by atoms with Crippen molar-refractivity contribution in [3.63, 3.8) is 0 Å².